The summed E-state index contributed by atoms with van der Waals surface area (Å²) in [6.45, 7) is 3.00. The van der Waals surface area contributed by atoms with Gasteiger partial charge in [-0.2, -0.15) is 0 Å². The topological polar surface area (TPSA) is 38.8 Å². The molecule has 4 heteroatoms. The second-order valence-corrected chi connectivity index (χ2v) is 3.92. The van der Waals surface area contributed by atoms with Gasteiger partial charge in [-0.05, 0) is 19.3 Å². The van der Waals surface area contributed by atoms with Gasteiger partial charge in [-0.1, -0.05) is 0 Å². The lowest BCUT2D eigenvalue weighted by molar-refractivity contribution is 0.0504. The summed E-state index contributed by atoms with van der Waals surface area (Å²) in [5, 5.41) is 0. The van der Waals surface area contributed by atoms with Crippen molar-refractivity contribution in [1.29, 1.82) is 0 Å². The molecule has 1 amide bonds. The molecule has 0 aromatic rings. The zero-order valence-electron chi connectivity index (χ0n) is 8.41. The molecule has 0 radical (unpaired) electrons. The minimum atomic E-state index is -0.153. The first-order chi connectivity index (χ1) is 6.86. The minimum absolute atomic E-state index is 0.00979. The molecule has 0 aliphatic carbocycles. The Balaban J connectivity index is 1.75. The highest BCUT2D eigenvalue weighted by Gasteiger charge is 2.24. The Morgan fingerprint density at radius 1 is 1.29 bits per heavy atom. The SMILES string of the molecule is O=C(OC1CCOC1)N1CCCCC1. The van der Waals surface area contributed by atoms with E-state index in [1.807, 2.05) is 4.90 Å². The maximum Gasteiger partial charge on any atom is 0.410 e. The van der Waals surface area contributed by atoms with E-state index in [9.17, 15) is 4.79 Å². The van der Waals surface area contributed by atoms with E-state index in [0.717, 1.165) is 39.0 Å². The smallest absolute Gasteiger partial charge is 0.410 e. The third kappa shape index (κ3) is 2.38. The quantitative estimate of drug-likeness (QED) is 0.640. The van der Waals surface area contributed by atoms with Crippen molar-refractivity contribution in [3.63, 3.8) is 0 Å². The van der Waals surface area contributed by atoms with Crippen molar-refractivity contribution in [2.75, 3.05) is 26.3 Å². The fourth-order valence-electron chi connectivity index (χ4n) is 1.90. The molecule has 0 N–H and O–H groups in total. The summed E-state index contributed by atoms with van der Waals surface area (Å²) in [6.07, 6.45) is 4.13. The number of likely N-dealkylation sites (tertiary alicyclic amines) is 1. The van der Waals surface area contributed by atoms with E-state index >= 15 is 0 Å². The molecule has 1 unspecified atom stereocenters. The molecule has 0 aromatic heterocycles. The van der Waals surface area contributed by atoms with Gasteiger partial charge in [0, 0.05) is 19.5 Å². The van der Waals surface area contributed by atoms with Crippen molar-refractivity contribution in [3.05, 3.63) is 0 Å². The van der Waals surface area contributed by atoms with Crippen molar-refractivity contribution < 1.29 is 14.3 Å². The lowest BCUT2D eigenvalue weighted by Gasteiger charge is -2.26. The summed E-state index contributed by atoms with van der Waals surface area (Å²) in [5.74, 6) is 0. The van der Waals surface area contributed by atoms with Gasteiger partial charge in [0.2, 0.25) is 0 Å². The zero-order chi connectivity index (χ0) is 9.80. The molecular weight excluding hydrogens is 182 g/mol. The molecule has 0 spiro atoms. The van der Waals surface area contributed by atoms with Gasteiger partial charge in [0.05, 0.1) is 13.2 Å². The van der Waals surface area contributed by atoms with Crippen LogP contribution >= 0.6 is 0 Å². The van der Waals surface area contributed by atoms with Crippen LogP contribution in [-0.2, 0) is 9.47 Å². The van der Waals surface area contributed by atoms with Crippen LogP contribution in [0, 0.1) is 0 Å². The van der Waals surface area contributed by atoms with Gasteiger partial charge in [0.15, 0.2) is 0 Å². The van der Waals surface area contributed by atoms with Gasteiger partial charge in [-0.25, -0.2) is 4.79 Å². The predicted molar refractivity (Wildman–Crippen MR) is 51.1 cm³/mol. The molecule has 4 nitrogen and oxygen atoms in total. The van der Waals surface area contributed by atoms with Crippen LogP contribution in [0.1, 0.15) is 25.7 Å². The highest BCUT2D eigenvalue weighted by molar-refractivity contribution is 5.67. The molecule has 2 saturated heterocycles. The molecule has 2 aliphatic rings. The second-order valence-electron chi connectivity index (χ2n) is 3.92. The van der Waals surface area contributed by atoms with Gasteiger partial charge in [0.25, 0.3) is 0 Å². The van der Waals surface area contributed by atoms with Crippen molar-refractivity contribution in [2.24, 2.45) is 0 Å². The first-order valence-corrected chi connectivity index (χ1v) is 5.39. The average Bonchev–Trinajstić information content (AvgIpc) is 2.72. The number of ether oxygens (including phenoxy) is 2. The molecule has 80 valence electrons. The van der Waals surface area contributed by atoms with Crippen LogP contribution in [0.25, 0.3) is 0 Å². The van der Waals surface area contributed by atoms with E-state index in [0.29, 0.717) is 6.61 Å². The van der Waals surface area contributed by atoms with Gasteiger partial charge in [-0.3, -0.25) is 0 Å². The maximum absolute atomic E-state index is 11.6. The molecule has 2 aliphatic heterocycles. The third-order valence-corrected chi connectivity index (χ3v) is 2.77. The van der Waals surface area contributed by atoms with Crippen molar-refractivity contribution in [2.45, 2.75) is 31.8 Å². The van der Waals surface area contributed by atoms with Crippen molar-refractivity contribution >= 4 is 6.09 Å². The number of hydrogen-bond acceptors (Lipinski definition) is 3. The number of hydrogen-bond donors (Lipinski definition) is 0. The van der Waals surface area contributed by atoms with Gasteiger partial charge >= 0.3 is 6.09 Å². The average molecular weight is 199 g/mol. The third-order valence-electron chi connectivity index (χ3n) is 2.77. The lowest BCUT2D eigenvalue weighted by atomic mass is 10.1. The Morgan fingerprint density at radius 2 is 2.07 bits per heavy atom. The van der Waals surface area contributed by atoms with E-state index in [-0.39, 0.29) is 12.2 Å². The summed E-state index contributed by atoms with van der Waals surface area (Å²) >= 11 is 0. The summed E-state index contributed by atoms with van der Waals surface area (Å²) in [4.78, 5) is 13.4. The normalized spacial score (nSPS) is 27.7. The number of piperidine rings is 1. The van der Waals surface area contributed by atoms with Crippen LogP contribution < -0.4 is 0 Å². The highest BCUT2D eigenvalue weighted by atomic mass is 16.6. The summed E-state index contributed by atoms with van der Waals surface area (Å²) < 4.78 is 10.5. The standard InChI is InChI=1S/C10H17NO3/c12-10(11-5-2-1-3-6-11)14-9-4-7-13-8-9/h9H,1-8H2. The molecule has 2 fully saturated rings. The summed E-state index contributed by atoms with van der Waals surface area (Å²) in [7, 11) is 0. The number of nitrogens with zero attached hydrogens (tertiary/aromatic N) is 1. The first kappa shape index (κ1) is 9.77. The van der Waals surface area contributed by atoms with Crippen LogP contribution in [-0.4, -0.2) is 43.4 Å². The summed E-state index contributed by atoms with van der Waals surface area (Å²) in [6, 6.07) is 0. The van der Waals surface area contributed by atoms with Crippen LogP contribution in [0.15, 0.2) is 0 Å². The van der Waals surface area contributed by atoms with Crippen LogP contribution in [0.3, 0.4) is 0 Å². The van der Waals surface area contributed by atoms with Crippen molar-refractivity contribution in [1.82, 2.24) is 4.90 Å². The number of amides is 1. The fourth-order valence-corrected chi connectivity index (χ4v) is 1.90. The number of carbonyl (C=O) groups excluding carboxylic acids is 1. The molecule has 2 rings (SSSR count). The van der Waals surface area contributed by atoms with Gasteiger partial charge in [-0.15, -0.1) is 0 Å². The largest absolute Gasteiger partial charge is 0.444 e. The van der Waals surface area contributed by atoms with Crippen LogP contribution in [0.2, 0.25) is 0 Å². The van der Waals surface area contributed by atoms with E-state index < -0.39 is 0 Å². The molecule has 0 aromatic carbocycles. The second kappa shape index (κ2) is 4.64. The maximum atomic E-state index is 11.6. The molecule has 0 bridgehead atoms. The molecular formula is C10H17NO3. The van der Waals surface area contributed by atoms with E-state index in [1.54, 1.807) is 0 Å². The molecule has 2 heterocycles. The lowest BCUT2D eigenvalue weighted by Crippen LogP contribution is -2.38. The predicted octanol–water partition coefficient (Wildman–Crippen LogP) is 1.40. The molecule has 1 atom stereocenters. The number of rotatable bonds is 1. The Kier molecular flexibility index (Phi) is 3.24. The van der Waals surface area contributed by atoms with Crippen LogP contribution in [0.4, 0.5) is 4.79 Å². The minimum Gasteiger partial charge on any atom is -0.444 e. The Morgan fingerprint density at radius 3 is 2.71 bits per heavy atom. The molecule has 0 saturated carbocycles. The van der Waals surface area contributed by atoms with E-state index in [4.69, 9.17) is 9.47 Å². The Labute approximate surface area is 84.2 Å². The molecule has 14 heavy (non-hydrogen) atoms. The van der Waals surface area contributed by atoms with Crippen molar-refractivity contribution in [3.8, 4) is 0 Å². The highest BCUT2D eigenvalue weighted by Crippen LogP contribution is 2.13. The van der Waals surface area contributed by atoms with Crippen LogP contribution in [0.5, 0.6) is 0 Å². The zero-order valence-corrected chi connectivity index (χ0v) is 8.41. The van der Waals surface area contributed by atoms with E-state index in [1.165, 1.54) is 6.42 Å². The van der Waals surface area contributed by atoms with Gasteiger partial charge < -0.3 is 14.4 Å². The van der Waals surface area contributed by atoms with Gasteiger partial charge in [0.1, 0.15) is 6.10 Å². The fraction of sp³-hybridized carbons (Fsp3) is 0.900. The van der Waals surface area contributed by atoms with E-state index in [2.05, 4.69) is 0 Å². The Bertz CT molecular complexity index is 196. The Hall–Kier alpha value is -0.770. The first-order valence-electron chi connectivity index (χ1n) is 5.39. The summed E-state index contributed by atoms with van der Waals surface area (Å²) in [5.41, 5.74) is 0. The monoisotopic (exact) mass is 199 g/mol. The number of carbonyl (C=O) groups is 1.